The van der Waals surface area contributed by atoms with Crippen LogP contribution < -0.4 is 10.6 Å². The third kappa shape index (κ3) is 4.87. The minimum atomic E-state index is -1.09. The van der Waals surface area contributed by atoms with Crippen LogP contribution in [0.3, 0.4) is 0 Å². The Morgan fingerprint density at radius 3 is 2.09 bits per heavy atom. The van der Waals surface area contributed by atoms with Gasteiger partial charge >= 0.3 is 5.97 Å². The zero-order valence-electron chi connectivity index (χ0n) is 13.1. The minimum absolute atomic E-state index is 0.0283. The topological polar surface area (TPSA) is 95.5 Å². The van der Waals surface area contributed by atoms with Gasteiger partial charge in [0.25, 0.3) is 5.91 Å². The number of aliphatic carboxylic acids is 1. The van der Waals surface area contributed by atoms with Crippen LogP contribution in [0, 0.1) is 5.92 Å². The van der Waals surface area contributed by atoms with Crippen molar-refractivity contribution in [3.63, 3.8) is 0 Å². The highest BCUT2D eigenvalue weighted by Gasteiger charge is 2.16. The number of carbonyl (C=O) groups is 3. The molecule has 6 heteroatoms. The zero-order valence-corrected chi connectivity index (χ0v) is 13.1. The van der Waals surface area contributed by atoms with Crippen LogP contribution in [0.2, 0.25) is 0 Å². The maximum atomic E-state index is 12.0. The summed E-state index contributed by atoms with van der Waals surface area (Å²) < 4.78 is 0. The molecule has 0 fully saturated rings. The highest BCUT2D eigenvalue weighted by atomic mass is 16.4. The summed E-state index contributed by atoms with van der Waals surface area (Å²) in [6, 6.07) is 5.39. The van der Waals surface area contributed by atoms with Gasteiger partial charge in [0, 0.05) is 17.2 Å². The van der Waals surface area contributed by atoms with Gasteiger partial charge in [0.1, 0.15) is 6.04 Å². The molecule has 1 unspecified atom stereocenters. The van der Waals surface area contributed by atoms with Gasteiger partial charge in [-0.1, -0.05) is 13.8 Å². The monoisotopic (exact) mass is 306 g/mol. The van der Waals surface area contributed by atoms with Crippen LogP contribution in [-0.4, -0.2) is 28.9 Å². The predicted octanol–water partition coefficient (Wildman–Crippen LogP) is 2.26. The molecule has 0 aliphatic carbocycles. The van der Waals surface area contributed by atoms with Crippen LogP contribution in [0.5, 0.6) is 0 Å². The Morgan fingerprint density at radius 2 is 1.64 bits per heavy atom. The second-order valence-corrected chi connectivity index (χ2v) is 5.11. The van der Waals surface area contributed by atoms with Crippen molar-refractivity contribution in [2.45, 2.75) is 39.7 Å². The molecule has 0 aliphatic rings. The number of hydrogen-bond donors (Lipinski definition) is 3. The number of carbonyl (C=O) groups excluding carboxylic acids is 2. The lowest BCUT2D eigenvalue weighted by Crippen LogP contribution is -2.38. The molecule has 0 aliphatic heterocycles. The highest BCUT2D eigenvalue weighted by molar-refractivity contribution is 5.97. The Balaban J connectivity index is 2.68. The van der Waals surface area contributed by atoms with Crippen molar-refractivity contribution < 1.29 is 19.5 Å². The lowest BCUT2D eigenvalue weighted by molar-refractivity contribution is -0.138. The standard InChI is InChI=1S/C16H22N2O4/c1-4-11(5-2)14(19)18-13-8-6-12(7-9-13)15(20)17-10(3)16(21)22/h6-11H,4-5H2,1-3H3,(H,17,20)(H,18,19)(H,21,22). The van der Waals surface area contributed by atoms with Crippen molar-refractivity contribution in [3.8, 4) is 0 Å². The summed E-state index contributed by atoms with van der Waals surface area (Å²) in [5.74, 6) is -1.63. The average Bonchev–Trinajstić information content (AvgIpc) is 2.48. The number of nitrogens with one attached hydrogen (secondary N) is 2. The van der Waals surface area contributed by atoms with Crippen molar-refractivity contribution in [1.29, 1.82) is 0 Å². The largest absolute Gasteiger partial charge is 0.480 e. The number of hydrogen-bond acceptors (Lipinski definition) is 3. The first-order valence-corrected chi connectivity index (χ1v) is 7.33. The molecule has 0 radical (unpaired) electrons. The molecular formula is C16H22N2O4. The molecule has 2 amide bonds. The van der Waals surface area contributed by atoms with E-state index in [1.165, 1.54) is 6.92 Å². The van der Waals surface area contributed by atoms with E-state index in [-0.39, 0.29) is 11.8 Å². The summed E-state index contributed by atoms with van der Waals surface area (Å²) in [7, 11) is 0. The Hall–Kier alpha value is -2.37. The predicted molar refractivity (Wildman–Crippen MR) is 83.7 cm³/mol. The van der Waals surface area contributed by atoms with Gasteiger partial charge in [0.2, 0.25) is 5.91 Å². The summed E-state index contributed by atoms with van der Waals surface area (Å²) in [6.45, 7) is 5.32. The number of carboxylic acids is 1. The van der Waals surface area contributed by atoms with Crippen LogP contribution >= 0.6 is 0 Å². The molecule has 0 saturated carbocycles. The van der Waals surface area contributed by atoms with Gasteiger partial charge in [-0.05, 0) is 44.0 Å². The van der Waals surface area contributed by atoms with Crippen molar-refractivity contribution >= 4 is 23.5 Å². The average molecular weight is 306 g/mol. The maximum Gasteiger partial charge on any atom is 0.325 e. The minimum Gasteiger partial charge on any atom is -0.480 e. The van der Waals surface area contributed by atoms with E-state index in [0.29, 0.717) is 11.3 Å². The summed E-state index contributed by atoms with van der Waals surface area (Å²) in [5, 5.41) is 13.9. The third-order valence-corrected chi connectivity index (χ3v) is 3.49. The SMILES string of the molecule is CCC(CC)C(=O)Nc1ccc(C(=O)NC(C)C(=O)O)cc1. The van der Waals surface area contributed by atoms with E-state index >= 15 is 0 Å². The Labute approximate surface area is 129 Å². The lowest BCUT2D eigenvalue weighted by atomic mass is 10.0. The van der Waals surface area contributed by atoms with Gasteiger partial charge in [0.15, 0.2) is 0 Å². The first-order chi connectivity index (χ1) is 10.4. The van der Waals surface area contributed by atoms with Gasteiger partial charge in [0.05, 0.1) is 0 Å². The number of benzene rings is 1. The summed E-state index contributed by atoms with van der Waals surface area (Å²) in [5.41, 5.74) is 0.952. The van der Waals surface area contributed by atoms with Crippen molar-refractivity contribution in [3.05, 3.63) is 29.8 Å². The van der Waals surface area contributed by atoms with Crippen molar-refractivity contribution in [2.75, 3.05) is 5.32 Å². The van der Waals surface area contributed by atoms with E-state index in [1.807, 2.05) is 13.8 Å². The van der Waals surface area contributed by atoms with Crippen molar-refractivity contribution in [1.82, 2.24) is 5.32 Å². The molecular weight excluding hydrogens is 284 g/mol. The van der Waals surface area contributed by atoms with E-state index in [4.69, 9.17) is 5.11 Å². The fourth-order valence-corrected chi connectivity index (χ4v) is 1.95. The maximum absolute atomic E-state index is 12.0. The zero-order chi connectivity index (χ0) is 16.7. The molecule has 1 rings (SSSR count). The molecule has 0 saturated heterocycles. The molecule has 6 nitrogen and oxygen atoms in total. The van der Waals surface area contributed by atoms with E-state index in [1.54, 1.807) is 24.3 Å². The number of amides is 2. The normalized spacial score (nSPS) is 11.8. The van der Waals surface area contributed by atoms with Crippen LogP contribution in [0.15, 0.2) is 24.3 Å². The van der Waals surface area contributed by atoms with Gasteiger partial charge < -0.3 is 15.7 Å². The van der Waals surface area contributed by atoms with Gasteiger partial charge in [-0.2, -0.15) is 0 Å². The van der Waals surface area contributed by atoms with Crippen LogP contribution in [0.1, 0.15) is 44.0 Å². The number of rotatable bonds is 7. The van der Waals surface area contributed by atoms with Gasteiger partial charge in [-0.15, -0.1) is 0 Å². The first kappa shape index (κ1) is 17.7. The molecule has 22 heavy (non-hydrogen) atoms. The van der Waals surface area contributed by atoms with E-state index in [9.17, 15) is 14.4 Å². The second-order valence-electron chi connectivity index (χ2n) is 5.11. The number of anilines is 1. The molecule has 120 valence electrons. The van der Waals surface area contributed by atoms with Gasteiger partial charge in [-0.25, -0.2) is 0 Å². The summed E-state index contributed by atoms with van der Waals surface area (Å²) >= 11 is 0. The fourth-order valence-electron chi connectivity index (χ4n) is 1.95. The Morgan fingerprint density at radius 1 is 1.09 bits per heavy atom. The van der Waals surface area contributed by atoms with E-state index < -0.39 is 17.9 Å². The Kier molecular flexibility index (Phi) is 6.56. The smallest absolute Gasteiger partial charge is 0.325 e. The summed E-state index contributed by atoms with van der Waals surface area (Å²) in [6.07, 6.45) is 1.55. The van der Waals surface area contributed by atoms with E-state index in [0.717, 1.165) is 12.8 Å². The molecule has 1 atom stereocenters. The first-order valence-electron chi connectivity index (χ1n) is 7.33. The molecule has 0 heterocycles. The third-order valence-electron chi connectivity index (χ3n) is 3.49. The molecule has 3 N–H and O–H groups in total. The molecule has 1 aromatic carbocycles. The summed E-state index contributed by atoms with van der Waals surface area (Å²) in [4.78, 5) is 34.5. The van der Waals surface area contributed by atoms with Crippen LogP contribution in [0.4, 0.5) is 5.69 Å². The molecule has 1 aromatic rings. The second kappa shape index (κ2) is 8.17. The fraction of sp³-hybridized carbons (Fsp3) is 0.438. The van der Waals surface area contributed by atoms with Crippen LogP contribution in [0.25, 0.3) is 0 Å². The highest BCUT2D eigenvalue weighted by Crippen LogP contribution is 2.14. The quantitative estimate of drug-likeness (QED) is 0.720. The van der Waals surface area contributed by atoms with E-state index in [2.05, 4.69) is 10.6 Å². The van der Waals surface area contributed by atoms with Gasteiger partial charge in [-0.3, -0.25) is 14.4 Å². The molecule has 0 aromatic heterocycles. The Bertz CT molecular complexity index is 536. The van der Waals surface area contributed by atoms with Crippen LogP contribution in [-0.2, 0) is 9.59 Å². The molecule has 0 spiro atoms. The lowest BCUT2D eigenvalue weighted by Gasteiger charge is -2.13. The van der Waals surface area contributed by atoms with Crippen molar-refractivity contribution in [2.24, 2.45) is 5.92 Å². The number of carboxylic acid groups (broad SMARTS) is 1. The molecule has 0 bridgehead atoms.